The molecule has 0 aromatic rings. The SMILES string of the molecule is C=C=C[C@@H]1C[C@]2(Cl)C(Cl)=C(Cl)[C@@]1(Cl)C2(OC)OC. The van der Waals surface area contributed by atoms with Crippen molar-refractivity contribution >= 4 is 46.4 Å². The smallest absolute Gasteiger partial charge is 0.217 e. The second-order valence-electron chi connectivity index (χ2n) is 4.35. The minimum Gasteiger partial charge on any atom is -0.350 e. The summed E-state index contributed by atoms with van der Waals surface area (Å²) in [6.07, 6.45) is 2.16. The molecule has 0 saturated heterocycles. The van der Waals surface area contributed by atoms with Gasteiger partial charge in [0.1, 0.15) is 9.75 Å². The molecule has 0 unspecified atom stereocenters. The number of hydrogen-bond acceptors (Lipinski definition) is 2. The van der Waals surface area contributed by atoms with Crippen LogP contribution < -0.4 is 0 Å². The molecule has 2 aliphatic rings. The van der Waals surface area contributed by atoms with Crippen LogP contribution in [0.2, 0.25) is 0 Å². The lowest BCUT2D eigenvalue weighted by Crippen LogP contribution is -2.56. The number of halogens is 4. The predicted octanol–water partition coefficient (Wildman–Crippen LogP) is 3.99. The third kappa shape index (κ3) is 1.30. The minimum absolute atomic E-state index is 0.218. The van der Waals surface area contributed by atoms with Gasteiger partial charge in [-0.25, -0.2) is 0 Å². The van der Waals surface area contributed by atoms with Crippen molar-refractivity contribution in [2.75, 3.05) is 14.2 Å². The fourth-order valence-corrected chi connectivity index (χ4v) is 5.04. The van der Waals surface area contributed by atoms with E-state index in [-0.39, 0.29) is 16.0 Å². The minimum atomic E-state index is -1.31. The molecule has 2 aliphatic carbocycles. The molecule has 0 spiro atoms. The van der Waals surface area contributed by atoms with Crippen LogP contribution in [0.5, 0.6) is 0 Å². The van der Waals surface area contributed by atoms with Gasteiger partial charge >= 0.3 is 0 Å². The molecule has 0 aliphatic heterocycles. The van der Waals surface area contributed by atoms with E-state index in [1.165, 1.54) is 14.2 Å². The van der Waals surface area contributed by atoms with E-state index in [0.717, 1.165) is 0 Å². The highest BCUT2D eigenvalue weighted by Crippen LogP contribution is 2.71. The number of ether oxygens (including phenoxy) is 2. The fourth-order valence-electron chi connectivity index (χ4n) is 3.01. The van der Waals surface area contributed by atoms with Gasteiger partial charge in [-0.15, -0.1) is 28.9 Å². The van der Waals surface area contributed by atoms with Crippen molar-refractivity contribution in [1.29, 1.82) is 0 Å². The number of hydrogen-bond donors (Lipinski definition) is 0. The Labute approximate surface area is 126 Å². The van der Waals surface area contributed by atoms with E-state index in [1.54, 1.807) is 6.08 Å². The van der Waals surface area contributed by atoms with Gasteiger partial charge in [0.15, 0.2) is 0 Å². The summed E-state index contributed by atoms with van der Waals surface area (Å²) in [5.74, 6) is -1.53. The van der Waals surface area contributed by atoms with E-state index in [2.05, 4.69) is 12.3 Å². The molecule has 0 amide bonds. The first kappa shape index (κ1) is 14.7. The third-order valence-corrected chi connectivity index (χ3v) is 6.37. The van der Waals surface area contributed by atoms with Crippen molar-refractivity contribution in [2.24, 2.45) is 5.92 Å². The maximum Gasteiger partial charge on any atom is 0.217 e. The van der Waals surface area contributed by atoms with Gasteiger partial charge in [0.2, 0.25) is 5.79 Å². The predicted molar refractivity (Wildman–Crippen MR) is 74.5 cm³/mol. The molecule has 100 valence electrons. The van der Waals surface area contributed by atoms with Crippen molar-refractivity contribution < 1.29 is 9.47 Å². The Bertz CT molecular complexity index is 465. The zero-order valence-electron chi connectivity index (χ0n) is 9.90. The Morgan fingerprint density at radius 1 is 1.28 bits per heavy atom. The van der Waals surface area contributed by atoms with Gasteiger partial charge in [0.25, 0.3) is 0 Å². The van der Waals surface area contributed by atoms with Crippen molar-refractivity contribution in [2.45, 2.75) is 22.0 Å². The molecule has 6 heteroatoms. The summed E-state index contributed by atoms with van der Waals surface area (Å²) >= 11 is 25.8. The van der Waals surface area contributed by atoms with Crippen molar-refractivity contribution in [1.82, 2.24) is 0 Å². The van der Waals surface area contributed by atoms with E-state index in [4.69, 9.17) is 55.9 Å². The number of rotatable bonds is 3. The molecule has 0 radical (unpaired) electrons. The van der Waals surface area contributed by atoms with Gasteiger partial charge < -0.3 is 9.47 Å². The van der Waals surface area contributed by atoms with Crippen molar-refractivity contribution in [3.63, 3.8) is 0 Å². The monoisotopic (exact) mass is 328 g/mol. The Morgan fingerprint density at radius 3 is 2.22 bits per heavy atom. The van der Waals surface area contributed by atoms with E-state index in [1.807, 2.05) is 0 Å². The Morgan fingerprint density at radius 2 is 1.83 bits per heavy atom. The Balaban J connectivity index is 2.72. The average Bonchev–Trinajstić information content (AvgIpc) is 2.61. The number of allylic oxidation sites excluding steroid dienone is 1. The first-order chi connectivity index (χ1) is 8.35. The zero-order chi connectivity index (χ0) is 13.8. The van der Waals surface area contributed by atoms with E-state index in [0.29, 0.717) is 6.42 Å². The first-order valence-corrected chi connectivity index (χ1v) is 6.77. The molecule has 0 N–H and O–H groups in total. The van der Waals surface area contributed by atoms with E-state index in [9.17, 15) is 0 Å². The first-order valence-electron chi connectivity index (χ1n) is 5.26. The van der Waals surface area contributed by atoms with Crippen LogP contribution in [0, 0.1) is 5.92 Å². The van der Waals surface area contributed by atoms with Gasteiger partial charge in [0, 0.05) is 20.1 Å². The third-order valence-electron chi connectivity index (χ3n) is 3.77. The standard InChI is InChI=1S/C12H12Cl4O2/c1-4-5-7-6-10(15)8(13)9(14)11(7,16)12(10,17-2)18-3/h5,7H,1,6H2,2-3H3/t7-,10+,11-/m1/s1. The Hall–Kier alpha value is 0.340. The summed E-state index contributed by atoms with van der Waals surface area (Å²) < 4.78 is 11.0. The van der Waals surface area contributed by atoms with Crippen LogP contribution in [0.1, 0.15) is 6.42 Å². The topological polar surface area (TPSA) is 18.5 Å². The summed E-state index contributed by atoms with van der Waals surface area (Å²) in [6.45, 7) is 3.55. The fraction of sp³-hybridized carbons (Fsp3) is 0.583. The largest absolute Gasteiger partial charge is 0.350 e. The van der Waals surface area contributed by atoms with Crippen LogP contribution in [0.4, 0.5) is 0 Å². The number of methoxy groups -OCH3 is 2. The summed E-state index contributed by atoms with van der Waals surface area (Å²) in [7, 11) is 2.94. The maximum atomic E-state index is 6.69. The lowest BCUT2D eigenvalue weighted by atomic mass is 9.91. The second kappa shape index (κ2) is 4.43. The molecule has 1 fully saturated rings. The molecular formula is C12H12Cl4O2. The van der Waals surface area contributed by atoms with Crippen LogP contribution >= 0.6 is 46.4 Å². The van der Waals surface area contributed by atoms with E-state index >= 15 is 0 Å². The molecular weight excluding hydrogens is 318 g/mol. The molecule has 2 rings (SSSR count). The molecule has 0 aromatic carbocycles. The molecule has 1 saturated carbocycles. The average molecular weight is 330 g/mol. The van der Waals surface area contributed by atoms with Crippen LogP contribution in [0.3, 0.4) is 0 Å². The highest BCUT2D eigenvalue weighted by Gasteiger charge is 2.80. The Kier molecular flexibility index (Phi) is 3.63. The van der Waals surface area contributed by atoms with Crippen LogP contribution in [-0.4, -0.2) is 29.8 Å². The van der Waals surface area contributed by atoms with Gasteiger partial charge in [-0.3, -0.25) is 0 Å². The summed E-state index contributed by atoms with van der Waals surface area (Å²) in [4.78, 5) is -2.27. The number of alkyl halides is 2. The summed E-state index contributed by atoms with van der Waals surface area (Å²) in [5, 5.41) is 0.533. The maximum absolute atomic E-state index is 6.69. The molecule has 0 heterocycles. The van der Waals surface area contributed by atoms with Gasteiger partial charge in [-0.1, -0.05) is 29.8 Å². The highest BCUT2D eigenvalue weighted by molar-refractivity contribution is 6.52. The molecule has 2 bridgehead atoms. The lowest BCUT2D eigenvalue weighted by Gasteiger charge is -2.40. The zero-order valence-corrected chi connectivity index (χ0v) is 12.9. The molecule has 2 nitrogen and oxygen atoms in total. The lowest BCUT2D eigenvalue weighted by molar-refractivity contribution is -0.218. The normalized spacial score (nSPS) is 41.1. The van der Waals surface area contributed by atoms with Gasteiger partial charge in [-0.05, 0) is 12.5 Å². The molecule has 18 heavy (non-hydrogen) atoms. The quantitative estimate of drug-likeness (QED) is 0.443. The van der Waals surface area contributed by atoms with Crippen molar-refractivity contribution in [3.05, 3.63) is 28.5 Å². The van der Waals surface area contributed by atoms with E-state index < -0.39 is 15.5 Å². The van der Waals surface area contributed by atoms with Crippen LogP contribution in [0.15, 0.2) is 28.5 Å². The summed E-state index contributed by atoms with van der Waals surface area (Å²) in [5.41, 5.74) is 2.70. The highest BCUT2D eigenvalue weighted by atomic mass is 35.5. The van der Waals surface area contributed by atoms with Gasteiger partial charge in [-0.2, -0.15) is 0 Å². The molecule has 0 aromatic heterocycles. The summed E-state index contributed by atoms with van der Waals surface area (Å²) in [6, 6.07) is 0. The van der Waals surface area contributed by atoms with Crippen LogP contribution in [0.25, 0.3) is 0 Å². The van der Waals surface area contributed by atoms with Gasteiger partial charge in [0.05, 0.1) is 10.1 Å². The molecule has 3 atom stereocenters. The van der Waals surface area contributed by atoms with Crippen LogP contribution in [-0.2, 0) is 9.47 Å². The second-order valence-corrected chi connectivity index (χ2v) is 6.34. The van der Waals surface area contributed by atoms with Crippen molar-refractivity contribution in [3.8, 4) is 0 Å². The number of fused-ring (bicyclic) bond motifs is 2.